The quantitative estimate of drug-likeness (QED) is 0.110. The van der Waals surface area contributed by atoms with Crippen LogP contribution >= 0.6 is 11.6 Å². The summed E-state index contributed by atoms with van der Waals surface area (Å²) in [6, 6.07) is 13.9. The number of carbonyl (C=O) groups excluding carboxylic acids is 4. The number of piperazine rings is 1. The molecule has 2 aliphatic heterocycles. The molecule has 1 unspecified atom stereocenters. The molecule has 2 aromatic carbocycles. The number of aryl methyl sites for hydroxylation is 1. The van der Waals surface area contributed by atoms with Crippen LogP contribution in [0.5, 0.6) is 0 Å². The number of likely N-dealkylation sites (tertiary alicyclic amines) is 1. The minimum atomic E-state index is -0.535. The Hall–Kier alpha value is -5.38. The number of anilines is 5. The number of halogens is 1. The van der Waals surface area contributed by atoms with Gasteiger partial charge >= 0.3 is 0 Å². The van der Waals surface area contributed by atoms with E-state index in [1.807, 2.05) is 55.0 Å². The Balaban J connectivity index is 0.809. The minimum Gasteiger partial charge on any atom is -0.361 e. The van der Waals surface area contributed by atoms with Gasteiger partial charge in [-0.05, 0) is 137 Å². The highest BCUT2D eigenvalue weighted by molar-refractivity contribution is 6.31. The summed E-state index contributed by atoms with van der Waals surface area (Å²) in [6.45, 7) is 9.10. The van der Waals surface area contributed by atoms with Crippen molar-refractivity contribution in [1.82, 2.24) is 29.7 Å². The maximum absolute atomic E-state index is 13.7. The van der Waals surface area contributed by atoms with Crippen LogP contribution in [-0.2, 0) is 19.2 Å². The van der Waals surface area contributed by atoms with Crippen molar-refractivity contribution in [2.75, 3.05) is 73.4 Å². The second kappa shape index (κ2) is 21.1. The second-order valence-electron chi connectivity index (χ2n) is 19.0. The molecule has 66 heavy (non-hydrogen) atoms. The fraction of sp³-hybridized carbons (Fsp3) is 0.540. The number of amides is 4. The zero-order valence-corrected chi connectivity index (χ0v) is 39.6. The Labute approximate surface area is 392 Å². The van der Waals surface area contributed by atoms with E-state index in [-0.39, 0.29) is 28.4 Å². The fourth-order valence-corrected chi connectivity index (χ4v) is 11.2. The third kappa shape index (κ3) is 10.3. The Kier molecular flexibility index (Phi) is 15.0. The number of fused-ring (bicyclic) bond motifs is 1. The number of aromatic nitrogens is 3. The van der Waals surface area contributed by atoms with E-state index >= 15 is 0 Å². The van der Waals surface area contributed by atoms with Crippen LogP contribution in [0.25, 0.3) is 11.0 Å². The molecule has 1 atom stereocenters. The molecular weight excluding hydrogens is 856 g/mol. The van der Waals surface area contributed by atoms with E-state index < -0.39 is 6.04 Å². The number of pyridine rings is 1. The lowest BCUT2D eigenvalue weighted by molar-refractivity contribution is -0.126. The molecule has 2 saturated carbocycles. The first-order valence-electron chi connectivity index (χ1n) is 24.0. The topological polar surface area (TPSA) is 156 Å². The van der Waals surface area contributed by atoms with Crippen molar-refractivity contribution < 1.29 is 19.2 Å². The van der Waals surface area contributed by atoms with Crippen LogP contribution in [-0.4, -0.2) is 114 Å². The van der Waals surface area contributed by atoms with Gasteiger partial charge in [-0.2, -0.15) is 4.98 Å². The van der Waals surface area contributed by atoms with Crippen LogP contribution < -0.4 is 30.9 Å². The van der Waals surface area contributed by atoms with E-state index in [2.05, 4.69) is 37.6 Å². The monoisotopic (exact) mass is 920 g/mol. The first-order chi connectivity index (χ1) is 32.0. The van der Waals surface area contributed by atoms with Crippen LogP contribution in [0, 0.1) is 12.8 Å². The van der Waals surface area contributed by atoms with Crippen molar-refractivity contribution in [2.24, 2.45) is 5.92 Å². The first kappa shape index (κ1) is 47.1. The molecule has 8 rings (SSSR count). The summed E-state index contributed by atoms with van der Waals surface area (Å²) in [5.41, 5.74) is 5.79. The predicted molar refractivity (Wildman–Crippen MR) is 261 cm³/mol. The van der Waals surface area contributed by atoms with Gasteiger partial charge in [0.25, 0.3) is 5.56 Å². The van der Waals surface area contributed by atoms with Crippen molar-refractivity contribution >= 4 is 76.0 Å². The van der Waals surface area contributed by atoms with Gasteiger partial charge in [-0.1, -0.05) is 43.9 Å². The van der Waals surface area contributed by atoms with Crippen molar-refractivity contribution in [3.8, 4) is 0 Å². The first-order valence-corrected chi connectivity index (χ1v) is 24.3. The van der Waals surface area contributed by atoms with Crippen molar-refractivity contribution in [1.29, 1.82) is 0 Å². The standard InChI is InChI=1S/C50H65ClN10O5/c1-5-8-44(48(65)53-31-62)57(4)43-18-13-36(27-45(43)56(3)32-63)35-19-21-58(22-20-35)29-34-11-14-38(15-12-34)59-23-24-60(46(64)30-59)40-16-17-42(33(2)25-40)54-50-52-28-37-26-41(51)49(66)61(47(37)55-50)39-9-6-7-10-39/h13,16-18,25-28,31-32,34-35,38-39,44H,5-12,14-15,19-24,29-30H2,1-4H3,(H,52,54,55)(H,53,62,65). The van der Waals surface area contributed by atoms with E-state index in [9.17, 15) is 24.0 Å². The summed E-state index contributed by atoms with van der Waals surface area (Å²) in [4.78, 5) is 82.3. The molecule has 15 nitrogen and oxygen atoms in total. The molecule has 4 amide bonds. The number of benzene rings is 2. The number of nitrogens with one attached hydrogen (secondary N) is 2. The molecule has 2 aliphatic carbocycles. The van der Waals surface area contributed by atoms with Crippen LogP contribution in [0.1, 0.15) is 107 Å². The smallest absolute Gasteiger partial charge is 0.271 e. The largest absolute Gasteiger partial charge is 0.361 e. The lowest BCUT2D eigenvalue weighted by Gasteiger charge is -2.42. The van der Waals surface area contributed by atoms with Crippen molar-refractivity contribution in [2.45, 2.75) is 115 Å². The number of hydrogen-bond donors (Lipinski definition) is 2. The van der Waals surface area contributed by atoms with Crippen LogP contribution in [0.4, 0.5) is 28.7 Å². The molecular formula is C50H65ClN10O5. The van der Waals surface area contributed by atoms with Gasteiger partial charge in [0.1, 0.15) is 16.7 Å². The molecule has 2 aromatic heterocycles. The SMILES string of the molecule is CCCC(C(=O)NC=O)N(C)c1ccc(C2CCN(CC3CCC(N4CCN(c5ccc(Nc6ncc7cc(Cl)c(=O)n(C8CCCC8)c7n6)c(C)c5)C(=O)C4)CC3)CC2)cc1N(C)C=O. The Morgan fingerprint density at radius 1 is 0.909 bits per heavy atom. The lowest BCUT2D eigenvalue weighted by Crippen LogP contribution is -2.54. The summed E-state index contributed by atoms with van der Waals surface area (Å²) in [6.07, 6.45) is 14.9. The molecule has 4 fully saturated rings. The predicted octanol–water partition coefficient (Wildman–Crippen LogP) is 7.17. The summed E-state index contributed by atoms with van der Waals surface area (Å²) < 4.78 is 1.75. The number of imide groups is 1. The molecule has 4 aromatic rings. The summed E-state index contributed by atoms with van der Waals surface area (Å²) in [7, 11) is 3.58. The molecule has 16 heteroatoms. The lowest BCUT2D eigenvalue weighted by atomic mass is 9.83. The Morgan fingerprint density at radius 2 is 1.67 bits per heavy atom. The number of likely N-dealkylation sites (N-methyl/N-ethyl adjacent to an activating group) is 1. The normalized spacial score (nSPS) is 20.6. The molecule has 4 aliphatic rings. The van der Waals surface area contributed by atoms with Crippen LogP contribution in [0.2, 0.25) is 5.02 Å². The van der Waals surface area contributed by atoms with E-state index in [1.54, 1.807) is 28.8 Å². The average molecular weight is 922 g/mol. The Morgan fingerprint density at radius 3 is 2.35 bits per heavy atom. The molecule has 2 saturated heterocycles. The van der Waals surface area contributed by atoms with Crippen molar-refractivity contribution in [3.63, 3.8) is 0 Å². The van der Waals surface area contributed by atoms with Gasteiger partial charge < -0.3 is 24.9 Å². The van der Waals surface area contributed by atoms with Gasteiger partial charge in [0.05, 0.1) is 17.9 Å². The number of hydrogen-bond acceptors (Lipinski definition) is 11. The maximum Gasteiger partial charge on any atom is 0.271 e. The number of rotatable bonds is 16. The Bertz CT molecular complexity index is 2460. The highest BCUT2D eigenvalue weighted by Gasteiger charge is 2.34. The highest BCUT2D eigenvalue weighted by Crippen LogP contribution is 2.38. The summed E-state index contributed by atoms with van der Waals surface area (Å²) >= 11 is 6.33. The molecule has 2 N–H and O–H groups in total. The van der Waals surface area contributed by atoms with Crippen molar-refractivity contribution in [3.05, 3.63) is 75.2 Å². The van der Waals surface area contributed by atoms with E-state index in [4.69, 9.17) is 16.6 Å². The van der Waals surface area contributed by atoms with Crippen LogP contribution in [0.3, 0.4) is 0 Å². The van der Waals surface area contributed by atoms with Gasteiger partial charge in [0.2, 0.25) is 30.6 Å². The van der Waals surface area contributed by atoms with E-state index in [0.29, 0.717) is 55.4 Å². The minimum absolute atomic E-state index is 0.0814. The molecule has 4 heterocycles. The molecule has 352 valence electrons. The average Bonchev–Trinajstić information content (AvgIpc) is 3.86. The molecule has 0 bridgehead atoms. The van der Waals surface area contributed by atoms with Gasteiger partial charge in [-0.15, -0.1) is 0 Å². The van der Waals surface area contributed by atoms with Gasteiger partial charge in [0.15, 0.2) is 0 Å². The number of nitrogens with zero attached hydrogens (tertiary/aromatic N) is 8. The highest BCUT2D eigenvalue weighted by atomic mass is 35.5. The zero-order valence-electron chi connectivity index (χ0n) is 38.9. The third-order valence-corrected chi connectivity index (χ3v) is 15.1. The summed E-state index contributed by atoms with van der Waals surface area (Å²) in [5.74, 6) is 1.21. The fourth-order valence-electron chi connectivity index (χ4n) is 11.0. The molecule has 0 spiro atoms. The third-order valence-electron chi connectivity index (χ3n) is 14.8. The molecule has 0 radical (unpaired) electrons. The maximum atomic E-state index is 13.7. The zero-order chi connectivity index (χ0) is 46.5. The summed E-state index contributed by atoms with van der Waals surface area (Å²) in [5, 5.41) is 6.58. The van der Waals surface area contributed by atoms with Crippen LogP contribution in [0.15, 0.2) is 53.5 Å². The van der Waals surface area contributed by atoms with E-state index in [0.717, 1.165) is 124 Å². The number of carbonyl (C=O) groups is 4. The van der Waals surface area contributed by atoms with E-state index in [1.165, 1.54) is 18.4 Å². The van der Waals surface area contributed by atoms with Gasteiger partial charge in [-0.3, -0.25) is 38.8 Å². The van der Waals surface area contributed by atoms with Gasteiger partial charge in [0, 0.05) is 68.8 Å². The van der Waals surface area contributed by atoms with Gasteiger partial charge in [-0.25, -0.2) is 4.98 Å². The second-order valence-corrected chi connectivity index (χ2v) is 19.4. The number of piperidine rings is 1.